The summed E-state index contributed by atoms with van der Waals surface area (Å²) in [6, 6.07) is -1.32. The Hall–Kier alpha value is -0.930. The first-order chi connectivity index (χ1) is 7.57. The summed E-state index contributed by atoms with van der Waals surface area (Å²) in [7, 11) is -7.35. The molecule has 0 aliphatic heterocycles. The summed E-state index contributed by atoms with van der Waals surface area (Å²) in [6.45, 7) is 3.30. The Morgan fingerprint density at radius 1 is 1.35 bits per heavy atom. The summed E-state index contributed by atoms with van der Waals surface area (Å²) in [6.07, 6.45) is 2.09. The fourth-order valence-electron chi connectivity index (χ4n) is 0.903. The lowest BCUT2D eigenvalue weighted by atomic mass is 10.2. The van der Waals surface area contributed by atoms with Crippen LogP contribution < -0.4 is 4.72 Å². The lowest BCUT2D eigenvalue weighted by molar-refractivity contribution is -0.138. The number of hydrogen-bond acceptors (Lipinski definition) is 5. The van der Waals surface area contributed by atoms with Crippen molar-refractivity contribution < 1.29 is 26.7 Å². The average Bonchev–Trinajstić information content (AvgIpc) is 2.13. The van der Waals surface area contributed by atoms with E-state index >= 15 is 0 Å². The van der Waals surface area contributed by atoms with Crippen molar-refractivity contribution >= 4 is 25.8 Å². The number of carboxylic acid groups (broad SMARTS) is 1. The highest BCUT2D eigenvalue weighted by molar-refractivity contribution is 7.93. The molecule has 0 rings (SSSR count). The molecular formula is C8H15NO6S2. The average molecular weight is 285 g/mol. The smallest absolute Gasteiger partial charge is 0.322 e. The molecule has 2 N–H and O–H groups in total. The molecule has 9 heteroatoms. The normalized spacial score (nSPS) is 14.2. The minimum atomic E-state index is -3.94. The standard InChI is InChI=1S/C8H15NO6S2/c1-3-4-7(8(10)11)9-17(14,15)6-5-16(2,12)13/h3,7,9H,1,4-6H2,2H3,(H,10,11). The Labute approximate surface area is 100 Å². The van der Waals surface area contributed by atoms with Crippen LogP contribution in [0.2, 0.25) is 0 Å². The second-order valence-electron chi connectivity index (χ2n) is 3.48. The number of aliphatic carboxylic acids is 1. The molecule has 0 aliphatic rings. The Kier molecular flexibility index (Phi) is 5.79. The predicted molar refractivity (Wildman–Crippen MR) is 62.9 cm³/mol. The van der Waals surface area contributed by atoms with Gasteiger partial charge in [-0.3, -0.25) is 4.79 Å². The zero-order chi connectivity index (χ0) is 13.7. The van der Waals surface area contributed by atoms with E-state index in [1.165, 1.54) is 6.08 Å². The third-order valence-corrected chi connectivity index (χ3v) is 4.33. The molecule has 0 radical (unpaired) electrons. The van der Waals surface area contributed by atoms with Gasteiger partial charge >= 0.3 is 5.97 Å². The van der Waals surface area contributed by atoms with Crippen LogP contribution in [0.3, 0.4) is 0 Å². The monoisotopic (exact) mass is 285 g/mol. The zero-order valence-electron chi connectivity index (χ0n) is 9.29. The lowest BCUT2D eigenvalue weighted by Gasteiger charge is -2.12. The van der Waals surface area contributed by atoms with Crippen LogP contribution in [0.25, 0.3) is 0 Å². The zero-order valence-corrected chi connectivity index (χ0v) is 10.9. The molecular weight excluding hydrogens is 270 g/mol. The number of sulfonamides is 1. The molecule has 0 aromatic rings. The van der Waals surface area contributed by atoms with Crippen LogP contribution in [0.4, 0.5) is 0 Å². The van der Waals surface area contributed by atoms with Gasteiger partial charge < -0.3 is 5.11 Å². The first-order valence-corrected chi connectivity index (χ1v) is 8.30. The van der Waals surface area contributed by atoms with Crippen LogP contribution in [0, 0.1) is 0 Å². The summed E-state index contributed by atoms with van der Waals surface area (Å²) in [5.74, 6) is -2.55. The fourth-order valence-corrected chi connectivity index (χ4v) is 3.74. The molecule has 17 heavy (non-hydrogen) atoms. The van der Waals surface area contributed by atoms with Gasteiger partial charge in [-0.1, -0.05) is 6.08 Å². The van der Waals surface area contributed by atoms with Gasteiger partial charge in [0.1, 0.15) is 15.9 Å². The highest BCUT2D eigenvalue weighted by Crippen LogP contribution is 1.98. The number of hydrogen-bond donors (Lipinski definition) is 2. The Morgan fingerprint density at radius 3 is 2.24 bits per heavy atom. The van der Waals surface area contributed by atoms with Crippen molar-refractivity contribution in [3.8, 4) is 0 Å². The van der Waals surface area contributed by atoms with Gasteiger partial charge in [0.25, 0.3) is 0 Å². The molecule has 0 bridgehead atoms. The Bertz CT molecular complexity index is 478. The number of nitrogens with one attached hydrogen (secondary N) is 1. The van der Waals surface area contributed by atoms with Crippen molar-refractivity contribution in [3.05, 3.63) is 12.7 Å². The topological polar surface area (TPSA) is 118 Å². The minimum absolute atomic E-state index is 0.0760. The van der Waals surface area contributed by atoms with Crippen LogP contribution in [-0.2, 0) is 24.7 Å². The fraction of sp³-hybridized carbons (Fsp3) is 0.625. The van der Waals surface area contributed by atoms with E-state index in [2.05, 4.69) is 6.58 Å². The van der Waals surface area contributed by atoms with Gasteiger partial charge in [0.05, 0.1) is 11.5 Å². The highest BCUT2D eigenvalue weighted by Gasteiger charge is 2.23. The van der Waals surface area contributed by atoms with E-state index in [4.69, 9.17) is 5.11 Å². The second-order valence-corrected chi connectivity index (χ2v) is 7.61. The molecule has 0 aromatic carbocycles. The van der Waals surface area contributed by atoms with Gasteiger partial charge in [0.15, 0.2) is 0 Å². The first kappa shape index (κ1) is 16.1. The number of sulfone groups is 1. The van der Waals surface area contributed by atoms with Crippen LogP contribution in [0.1, 0.15) is 6.42 Å². The maximum absolute atomic E-state index is 11.4. The van der Waals surface area contributed by atoms with Crippen LogP contribution in [0.15, 0.2) is 12.7 Å². The molecule has 1 unspecified atom stereocenters. The number of rotatable bonds is 8. The molecule has 0 aromatic heterocycles. The van der Waals surface area contributed by atoms with Crippen LogP contribution in [0.5, 0.6) is 0 Å². The minimum Gasteiger partial charge on any atom is -0.480 e. The highest BCUT2D eigenvalue weighted by atomic mass is 32.2. The summed E-state index contributed by atoms with van der Waals surface area (Å²) in [5, 5.41) is 8.70. The van der Waals surface area contributed by atoms with E-state index < -0.39 is 43.4 Å². The van der Waals surface area contributed by atoms with Gasteiger partial charge in [0, 0.05) is 6.26 Å². The van der Waals surface area contributed by atoms with Crippen molar-refractivity contribution in [1.82, 2.24) is 4.72 Å². The SMILES string of the molecule is C=CCC(NS(=O)(=O)CCS(C)(=O)=O)C(=O)O. The van der Waals surface area contributed by atoms with Gasteiger partial charge in [0.2, 0.25) is 10.0 Å². The van der Waals surface area contributed by atoms with E-state index in [0.717, 1.165) is 6.26 Å². The molecule has 0 spiro atoms. The number of carboxylic acids is 1. The third kappa shape index (κ3) is 7.88. The number of carbonyl (C=O) groups is 1. The molecule has 0 amide bonds. The Morgan fingerprint density at radius 2 is 1.88 bits per heavy atom. The molecule has 0 heterocycles. The molecule has 1 atom stereocenters. The molecule has 0 aliphatic carbocycles. The van der Waals surface area contributed by atoms with E-state index in [9.17, 15) is 21.6 Å². The third-order valence-electron chi connectivity index (χ3n) is 1.75. The van der Waals surface area contributed by atoms with Gasteiger partial charge in [-0.15, -0.1) is 6.58 Å². The van der Waals surface area contributed by atoms with Crippen molar-refractivity contribution in [2.45, 2.75) is 12.5 Å². The summed E-state index contributed by atoms with van der Waals surface area (Å²) in [4.78, 5) is 10.7. The van der Waals surface area contributed by atoms with E-state index in [0.29, 0.717) is 0 Å². The van der Waals surface area contributed by atoms with Gasteiger partial charge in [-0.2, -0.15) is 0 Å². The van der Waals surface area contributed by atoms with E-state index in [-0.39, 0.29) is 6.42 Å². The maximum atomic E-state index is 11.4. The largest absolute Gasteiger partial charge is 0.480 e. The van der Waals surface area contributed by atoms with Crippen LogP contribution in [-0.4, -0.2) is 51.7 Å². The maximum Gasteiger partial charge on any atom is 0.322 e. The van der Waals surface area contributed by atoms with Gasteiger partial charge in [-0.25, -0.2) is 21.6 Å². The second kappa shape index (κ2) is 6.12. The lowest BCUT2D eigenvalue weighted by Crippen LogP contribution is -2.42. The van der Waals surface area contributed by atoms with Crippen molar-refractivity contribution in [3.63, 3.8) is 0 Å². The molecule has 100 valence electrons. The van der Waals surface area contributed by atoms with Crippen LogP contribution >= 0.6 is 0 Å². The summed E-state index contributed by atoms with van der Waals surface area (Å²) < 4.78 is 46.3. The molecule has 7 nitrogen and oxygen atoms in total. The molecule has 0 saturated heterocycles. The van der Waals surface area contributed by atoms with Crippen molar-refractivity contribution in [2.75, 3.05) is 17.8 Å². The van der Waals surface area contributed by atoms with Crippen molar-refractivity contribution in [1.29, 1.82) is 0 Å². The summed E-state index contributed by atoms with van der Waals surface area (Å²) in [5.41, 5.74) is 0. The van der Waals surface area contributed by atoms with Gasteiger partial charge in [-0.05, 0) is 6.42 Å². The molecule has 0 fully saturated rings. The molecule has 0 saturated carbocycles. The predicted octanol–water partition coefficient (Wildman–Crippen LogP) is -1.02. The first-order valence-electron chi connectivity index (χ1n) is 4.59. The quantitative estimate of drug-likeness (QED) is 0.551. The Balaban J connectivity index is 4.62. The van der Waals surface area contributed by atoms with E-state index in [1.807, 2.05) is 4.72 Å². The van der Waals surface area contributed by atoms with E-state index in [1.54, 1.807) is 0 Å². The van der Waals surface area contributed by atoms with Crippen molar-refractivity contribution in [2.24, 2.45) is 0 Å². The summed E-state index contributed by atoms with van der Waals surface area (Å²) >= 11 is 0.